The van der Waals surface area contributed by atoms with Gasteiger partial charge in [0.25, 0.3) is 0 Å². The van der Waals surface area contributed by atoms with Gasteiger partial charge in [0, 0.05) is 25.3 Å². The molecule has 1 aromatic carbocycles. The first-order valence-corrected chi connectivity index (χ1v) is 8.27. The Labute approximate surface area is 123 Å². The molecule has 1 saturated carbocycles. The topological polar surface area (TPSA) is 15.3 Å². The molecule has 1 saturated heterocycles. The third-order valence-corrected chi connectivity index (χ3v) is 5.35. The van der Waals surface area contributed by atoms with Gasteiger partial charge < -0.3 is 10.2 Å². The molecule has 2 unspecified atom stereocenters. The van der Waals surface area contributed by atoms with E-state index in [9.17, 15) is 0 Å². The molecule has 20 heavy (non-hydrogen) atoms. The summed E-state index contributed by atoms with van der Waals surface area (Å²) >= 11 is 0. The van der Waals surface area contributed by atoms with Crippen molar-refractivity contribution in [1.29, 1.82) is 0 Å². The van der Waals surface area contributed by atoms with Gasteiger partial charge in [0.05, 0.1) is 0 Å². The molecule has 3 rings (SSSR count). The molecule has 0 aromatic heterocycles. The lowest BCUT2D eigenvalue weighted by Gasteiger charge is -2.42. The highest BCUT2D eigenvalue weighted by Crippen LogP contribution is 2.37. The first kappa shape index (κ1) is 13.9. The number of anilines is 1. The molecule has 2 atom stereocenters. The first-order chi connectivity index (χ1) is 9.78. The van der Waals surface area contributed by atoms with E-state index in [0.29, 0.717) is 0 Å². The SMILES string of the molecule is CNCc1ccc(N2CCC3CCCCC3C2)cc1C. The molecule has 1 aliphatic carbocycles. The van der Waals surface area contributed by atoms with Crippen LogP contribution in [0.15, 0.2) is 18.2 Å². The molecule has 1 N–H and O–H groups in total. The lowest BCUT2D eigenvalue weighted by atomic mass is 9.75. The fourth-order valence-corrected chi connectivity index (χ4v) is 4.10. The molecule has 2 fully saturated rings. The molecule has 110 valence electrons. The van der Waals surface area contributed by atoms with Crippen LogP contribution in [-0.2, 0) is 6.54 Å². The Kier molecular flexibility index (Phi) is 4.30. The Hall–Kier alpha value is -1.02. The average Bonchev–Trinajstić information content (AvgIpc) is 2.49. The molecule has 2 heteroatoms. The van der Waals surface area contributed by atoms with Crippen LogP contribution in [0.3, 0.4) is 0 Å². The Balaban J connectivity index is 1.71. The molecular weight excluding hydrogens is 244 g/mol. The molecule has 0 spiro atoms. The maximum atomic E-state index is 3.25. The number of nitrogens with zero attached hydrogens (tertiary/aromatic N) is 1. The second kappa shape index (κ2) is 6.17. The molecule has 0 bridgehead atoms. The maximum absolute atomic E-state index is 3.25. The van der Waals surface area contributed by atoms with Gasteiger partial charge in [0.1, 0.15) is 0 Å². The zero-order valence-corrected chi connectivity index (χ0v) is 13.0. The second-order valence-corrected chi connectivity index (χ2v) is 6.68. The largest absolute Gasteiger partial charge is 0.371 e. The summed E-state index contributed by atoms with van der Waals surface area (Å²) in [4.78, 5) is 2.63. The summed E-state index contributed by atoms with van der Waals surface area (Å²) in [6.45, 7) is 5.75. The third-order valence-electron chi connectivity index (χ3n) is 5.35. The number of hydrogen-bond donors (Lipinski definition) is 1. The molecular formula is C18H28N2. The summed E-state index contributed by atoms with van der Waals surface area (Å²) in [5.41, 5.74) is 4.28. The van der Waals surface area contributed by atoms with E-state index in [4.69, 9.17) is 0 Å². The number of hydrogen-bond acceptors (Lipinski definition) is 2. The number of piperidine rings is 1. The van der Waals surface area contributed by atoms with Crippen LogP contribution in [0.4, 0.5) is 5.69 Å². The van der Waals surface area contributed by atoms with Gasteiger partial charge >= 0.3 is 0 Å². The minimum Gasteiger partial charge on any atom is -0.371 e. The van der Waals surface area contributed by atoms with Crippen LogP contribution in [0.2, 0.25) is 0 Å². The quantitative estimate of drug-likeness (QED) is 0.902. The molecule has 1 heterocycles. The predicted octanol–water partition coefficient (Wildman–Crippen LogP) is 3.73. The molecule has 0 radical (unpaired) electrons. The lowest BCUT2D eigenvalue weighted by Crippen LogP contribution is -2.41. The average molecular weight is 272 g/mol. The van der Waals surface area contributed by atoms with Crippen molar-refractivity contribution < 1.29 is 0 Å². The molecule has 1 aliphatic heterocycles. The van der Waals surface area contributed by atoms with Crippen molar-refractivity contribution in [3.05, 3.63) is 29.3 Å². The van der Waals surface area contributed by atoms with Crippen LogP contribution in [0.5, 0.6) is 0 Å². The molecule has 1 aromatic rings. The van der Waals surface area contributed by atoms with E-state index in [2.05, 4.69) is 35.3 Å². The Bertz CT molecular complexity index is 455. The van der Waals surface area contributed by atoms with Crippen molar-refractivity contribution >= 4 is 5.69 Å². The van der Waals surface area contributed by atoms with Crippen molar-refractivity contribution in [1.82, 2.24) is 5.32 Å². The van der Waals surface area contributed by atoms with Crippen molar-refractivity contribution in [2.75, 3.05) is 25.0 Å². The van der Waals surface area contributed by atoms with Crippen molar-refractivity contribution in [3.8, 4) is 0 Å². The van der Waals surface area contributed by atoms with Crippen LogP contribution in [0.25, 0.3) is 0 Å². The normalized spacial score (nSPS) is 26.4. The molecule has 0 amide bonds. The van der Waals surface area contributed by atoms with E-state index in [1.54, 1.807) is 0 Å². The summed E-state index contributed by atoms with van der Waals surface area (Å²) < 4.78 is 0. The van der Waals surface area contributed by atoms with E-state index < -0.39 is 0 Å². The van der Waals surface area contributed by atoms with Gasteiger partial charge in [-0.1, -0.05) is 25.3 Å². The summed E-state index contributed by atoms with van der Waals surface area (Å²) in [6.07, 6.45) is 7.27. The predicted molar refractivity (Wildman–Crippen MR) is 86.2 cm³/mol. The Morgan fingerprint density at radius 2 is 1.95 bits per heavy atom. The van der Waals surface area contributed by atoms with E-state index in [1.165, 1.54) is 62.0 Å². The van der Waals surface area contributed by atoms with E-state index in [-0.39, 0.29) is 0 Å². The highest BCUT2D eigenvalue weighted by Gasteiger charge is 2.31. The minimum atomic E-state index is 0.954. The zero-order chi connectivity index (χ0) is 13.9. The number of fused-ring (bicyclic) bond motifs is 1. The summed E-state index contributed by atoms with van der Waals surface area (Å²) in [5.74, 6) is 1.97. The zero-order valence-electron chi connectivity index (χ0n) is 13.0. The van der Waals surface area contributed by atoms with Gasteiger partial charge in [-0.25, -0.2) is 0 Å². The van der Waals surface area contributed by atoms with Gasteiger partial charge in [-0.15, -0.1) is 0 Å². The summed E-state index contributed by atoms with van der Waals surface area (Å²) in [6, 6.07) is 7.01. The van der Waals surface area contributed by atoms with Crippen molar-refractivity contribution in [3.63, 3.8) is 0 Å². The second-order valence-electron chi connectivity index (χ2n) is 6.68. The van der Waals surface area contributed by atoms with E-state index in [1.807, 2.05) is 7.05 Å². The van der Waals surface area contributed by atoms with E-state index in [0.717, 1.165) is 18.4 Å². The van der Waals surface area contributed by atoms with Crippen molar-refractivity contribution in [2.24, 2.45) is 11.8 Å². The fraction of sp³-hybridized carbons (Fsp3) is 0.667. The van der Waals surface area contributed by atoms with Gasteiger partial charge in [-0.05, 0) is 61.9 Å². The Morgan fingerprint density at radius 1 is 1.15 bits per heavy atom. The van der Waals surface area contributed by atoms with Gasteiger partial charge in [-0.3, -0.25) is 0 Å². The number of aryl methyl sites for hydroxylation is 1. The standard InChI is InChI=1S/C18H28N2/c1-14-11-18(8-7-16(14)12-19-2)20-10-9-15-5-3-4-6-17(15)13-20/h7-8,11,15,17,19H,3-6,9-10,12-13H2,1-2H3. The van der Waals surface area contributed by atoms with Crippen LogP contribution >= 0.6 is 0 Å². The monoisotopic (exact) mass is 272 g/mol. The van der Waals surface area contributed by atoms with Crippen LogP contribution in [-0.4, -0.2) is 20.1 Å². The minimum absolute atomic E-state index is 0.954. The lowest BCUT2D eigenvalue weighted by molar-refractivity contribution is 0.202. The van der Waals surface area contributed by atoms with Gasteiger partial charge in [-0.2, -0.15) is 0 Å². The van der Waals surface area contributed by atoms with E-state index >= 15 is 0 Å². The van der Waals surface area contributed by atoms with Gasteiger partial charge in [0.2, 0.25) is 0 Å². The molecule has 2 nitrogen and oxygen atoms in total. The van der Waals surface area contributed by atoms with Crippen LogP contribution in [0.1, 0.15) is 43.2 Å². The molecule has 2 aliphatic rings. The Morgan fingerprint density at radius 3 is 2.70 bits per heavy atom. The van der Waals surface area contributed by atoms with Crippen LogP contribution < -0.4 is 10.2 Å². The highest BCUT2D eigenvalue weighted by molar-refractivity contribution is 5.51. The van der Waals surface area contributed by atoms with Gasteiger partial charge in [0.15, 0.2) is 0 Å². The maximum Gasteiger partial charge on any atom is 0.0369 e. The van der Waals surface area contributed by atoms with Crippen molar-refractivity contribution in [2.45, 2.75) is 45.6 Å². The first-order valence-electron chi connectivity index (χ1n) is 8.27. The fourth-order valence-electron chi connectivity index (χ4n) is 4.10. The number of nitrogens with one attached hydrogen (secondary N) is 1. The number of rotatable bonds is 3. The van der Waals surface area contributed by atoms with Crippen LogP contribution in [0, 0.1) is 18.8 Å². The smallest absolute Gasteiger partial charge is 0.0369 e. The number of benzene rings is 1. The summed E-state index contributed by atoms with van der Waals surface area (Å²) in [7, 11) is 2.02. The highest BCUT2D eigenvalue weighted by atomic mass is 15.1. The summed E-state index contributed by atoms with van der Waals surface area (Å²) in [5, 5.41) is 3.25. The third kappa shape index (κ3) is 2.85.